The summed E-state index contributed by atoms with van der Waals surface area (Å²) in [4.78, 5) is 11.9. The first-order valence-electron chi connectivity index (χ1n) is 11.2. The lowest BCUT2D eigenvalue weighted by Crippen LogP contribution is -2.24. The Morgan fingerprint density at radius 1 is 0.654 bits per heavy atom. The molecule has 1 N–H and O–H groups in total. The number of carbonyl (C=O) groups excluding carboxylic acids is 1. The molecule has 26 heavy (non-hydrogen) atoms. The predicted octanol–water partition coefficient (Wildman–Crippen LogP) is 7.29. The second kappa shape index (κ2) is 17.1. The third-order valence-corrected chi connectivity index (χ3v) is 5.10. The summed E-state index contributed by atoms with van der Waals surface area (Å²) in [6, 6.07) is 9.47. The van der Waals surface area contributed by atoms with Gasteiger partial charge in [-0.25, -0.2) is 0 Å². The van der Waals surface area contributed by atoms with Crippen LogP contribution in [-0.4, -0.2) is 12.5 Å². The zero-order chi connectivity index (χ0) is 18.7. The van der Waals surface area contributed by atoms with Crippen molar-refractivity contribution in [3.8, 4) is 0 Å². The molecule has 0 aliphatic rings. The molecule has 0 aliphatic carbocycles. The third kappa shape index (κ3) is 13.0. The van der Waals surface area contributed by atoms with Gasteiger partial charge < -0.3 is 5.32 Å². The van der Waals surface area contributed by atoms with Gasteiger partial charge in [0, 0.05) is 12.1 Å². The van der Waals surface area contributed by atoms with Crippen LogP contribution in [0.5, 0.6) is 0 Å². The summed E-state index contributed by atoms with van der Waals surface area (Å²) in [6.07, 6.45) is 20.6. The molecule has 0 saturated heterocycles. The number of carbonyl (C=O) groups is 1. The van der Waals surface area contributed by atoms with E-state index in [1.54, 1.807) is 0 Å². The first-order chi connectivity index (χ1) is 12.8. The SMILES string of the molecule is CCCCCCCCCCCCCCCCCNC(=O)c1ccccc1. The Labute approximate surface area is 162 Å². The molecule has 0 bridgehead atoms. The van der Waals surface area contributed by atoms with Crippen molar-refractivity contribution in [1.82, 2.24) is 5.32 Å². The van der Waals surface area contributed by atoms with Crippen molar-refractivity contribution in [1.29, 1.82) is 0 Å². The maximum Gasteiger partial charge on any atom is 0.251 e. The van der Waals surface area contributed by atoms with Crippen molar-refractivity contribution in [3.63, 3.8) is 0 Å². The van der Waals surface area contributed by atoms with Gasteiger partial charge in [-0.1, -0.05) is 115 Å². The Balaban J connectivity index is 1.76. The number of amides is 1. The molecule has 0 spiro atoms. The molecule has 0 radical (unpaired) electrons. The molecule has 0 unspecified atom stereocenters. The minimum absolute atomic E-state index is 0.0518. The van der Waals surface area contributed by atoms with Gasteiger partial charge in [0.2, 0.25) is 0 Å². The molecular formula is C24H41NO. The highest BCUT2D eigenvalue weighted by Crippen LogP contribution is 2.13. The van der Waals surface area contributed by atoms with Gasteiger partial charge in [0.25, 0.3) is 5.91 Å². The molecule has 0 atom stereocenters. The van der Waals surface area contributed by atoms with Crippen molar-refractivity contribution in [2.75, 3.05) is 6.54 Å². The van der Waals surface area contributed by atoms with E-state index in [1.807, 2.05) is 30.3 Å². The number of benzene rings is 1. The summed E-state index contributed by atoms with van der Waals surface area (Å²) in [6.45, 7) is 3.08. The molecule has 1 aromatic rings. The fraction of sp³-hybridized carbons (Fsp3) is 0.708. The summed E-state index contributed by atoms with van der Waals surface area (Å²) in [7, 11) is 0. The molecule has 0 aliphatic heterocycles. The summed E-state index contributed by atoms with van der Waals surface area (Å²) in [5, 5.41) is 3.01. The summed E-state index contributed by atoms with van der Waals surface area (Å²) >= 11 is 0. The average molecular weight is 360 g/mol. The Bertz CT molecular complexity index is 429. The number of hydrogen-bond donors (Lipinski definition) is 1. The van der Waals surface area contributed by atoms with Crippen LogP contribution in [0.2, 0.25) is 0 Å². The number of nitrogens with one attached hydrogen (secondary N) is 1. The first kappa shape index (κ1) is 22.7. The van der Waals surface area contributed by atoms with E-state index in [0.717, 1.165) is 18.5 Å². The molecule has 0 aromatic heterocycles. The van der Waals surface area contributed by atoms with Gasteiger partial charge in [-0.2, -0.15) is 0 Å². The van der Waals surface area contributed by atoms with Crippen molar-refractivity contribution < 1.29 is 4.79 Å². The van der Waals surface area contributed by atoms with Gasteiger partial charge in [0.1, 0.15) is 0 Å². The van der Waals surface area contributed by atoms with Crippen LogP contribution >= 0.6 is 0 Å². The Morgan fingerprint density at radius 2 is 1.08 bits per heavy atom. The van der Waals surface area contributed by atoms with E-state index in [9.17, 15) is 4.79 Å². The lowest BCUT2D eigenvalue weighted by Gasteiger charge is -2.05. The zero-order valence-corrected chi connectivity index (χ0v) is 17.1. The topological polar surface area (TPSA) is 29.1 Å². The van der Waals surface area contributed by atoms with E-state index in [-0.39, 0.29) is 5.91 Å². The number of rotatable bonds is 17. The molecule has 1 rings (SSSR count). The van der Waals surface area contributed by atoms with Gasteiger partial charge in [0.15, 0.2) is 0 Å². The smallest absolute Gasteiger partial charge is 0.251 e. The van der Waals surface area contributed by atoms with E-state index in [4.69, 9.17) is 0 Å². The van der Waals surface area contributed by atoms with Crippen LogP contribution in [0.4, 0.5) is 0 Å². The Morgan fingerprint density at radius 3 is 1.54 bits per heavy atom. The second-order valence-electron chi connectivity index (χ2n) is 7.57. The summed E-state index contributed by atoms with van der Waals surface area (Å²) < 4.78 is 0. The fourth-order valence-electron chi connectivity index (χ4n) is 3.39. The van der Waals surface area contributed by atoms with Crippen LogP contribution in [0, 0.1) is 0 Å². The van der Waals surface area contributed by atoms with E-state index >= 15 is 0 Å². The largest absolute Gasteiger partial charge is 0.352 e. The predicted molar refractivity (Wildman–Crippen MR) is 114 cm³/mol. The highest BCUT2D eigenvalue weighted by Gasteiger charge is 2.02. The lowest BCUT2D eigenvalue weighted by atomic mass is 10.0. The molecule has 148 valence electrons. The van der Waals surface area contributed by atoms with Gasteiger partial charge in [0.05, 0.1) is 0 Å². The zero-order valence-electron chi connectivity index (χ0n) is 17.1. The fourth-order valence-corrected chi connectivity index (χ4v) is 3.39. The normalized spacial score (nSPS) is 10.8. The highest BCUT2D eigenvalue weighted by atomic mass is 16.1. The maximum absolute atomic E-state index is 11.9. The second-order valence-corrected chi connectivity index (χ2v) is 7.57. The van der Waals surface area contributed by atoms with E-state index in [2.05, 4.69) is 12.2 Å². The van der Waals surface area contributed by atoms with Crippen LogP contribution in [0.1, 0.15) is 114 Å². The van der Waals surface area contributed by atoms with Crippen molar-refractivity contribution in [2.45, 2.75) is 103 Å². The van der Waals surface area contributed by atoms with Gasteiger partial charge in [-0.15, -0.1) is 0 Å². The quantitative estimate of drug-likeness (QED) is 0.291. The molecule has 0 fully saturated rings. The van der Waals surface area contributed by atoms with Crippen LogP contribution in [-0.2, 0) is 0 Å². The number of unbranched alkanes of at least 4 members (excludes halogenated alkanes) is 14. The summed E-state index contributed by atoms with van der Waals surface area (Å²) in [5.41, 5.74) is 0.758. The lowest BCUT2D eigenvalue weighted by molar-refractivity contribution is 0.0953. The van der Waals surface area contributed by atoms with Gasteiger partial charge >= 0.3 is 0 Å². The highest BCUT2D eigenvalue weighted by molar-refractivity contribution is 5.94. The van der Waals surface area contributed by atoms with Gasteiger partial charge in [-0.05, 0) is 18.6 Å². The van der Waals surface area contributed by atoms with Crippen molar-refractivity contribution >= 4 is 5.91 Å². The van der Waals surface area contributed by atoms with Crippen LogP contribution in [0.15, 0.2) is 30.3 Å². The van der Waals surface area contributed by atoms with Crippen LogP contribution in [0.3, 0.4) is 0 Å². The third-order valence-electron chi connectivity index (χ3n) is 5.10. The molecule has 0 heterocycles. The molecule has 2 heteroatoms. The molecule has 2 nitrogen and oxygen atoms in total. The minimum Gasteiger partial charge on any atom is -0.352 e. The molecular weight excluding hydrogens is 318 g/mol. The number of hydrogen-bond acceptors (Lipinski definition) is 1. The van der Waals surface area contributed by atoms with E-state index < -0.39 is 0 Å². The standard InChI is InChI=1S/C24H41NO/c1-2-3-4-5-6-7-8-9-10-11-12-13-14-15-19-22-25-24(26)23-20-17-16-18-21-23/h16-18,20-21H,2-15,19,22H2,1H3,(H,25,26). The van der Waals surface area contributed by atoms with Crippen molar-refractivity contribution in [2.24, 2.45) is 0 Å². The first-order valence-corrected chi connectivity index (χ1v) is 11.2. The molecule has 0 saturated carbocycles. The monoisotopic (exact) mass is 359 g/mol. The summed E-state index contributed by atoms with van der Waals surface area (Å²) in [5.74, 6) is 0.0518. The van der Waals surface area contributed by atoms with E-state index in [0.29, 0.717) is 0 Å². The van der Waals surface area contributed by atoms with Crippen LogP contribution < -0.4 is 5.32 Å². The Hall–Kier alpha value is -1.31. The van der Waals surface area contributed by atoms with Gasteiger partial charge in [-0.3, -0.25) is 4.79 Å². The van der Waals surface area contributed by atoms with Crippen molar-refractivity contribution in [3.05, 3.63) is 35.9 Å². The Kier molecular flexibility index (Phi) is 15.0. The van der Waals surface area contributed by atoms with E-state index in [1.165, 1.54) is 89.9 Å². The molecule has 1 aromatic carbocycles. The maximum atomic E-state index is 11.9. The molecule has 1 amide bonds. The minimum atomic E-state index is 0.0518. The average Bonchev–Trinajstić information content (AvgIpc) is 2.68. The van der Waals surface area contributed by atoms with Crippen LogP contribution in [0.25, 0.3) is 0 Å².